The minimum atomic E-state index is -1.16. The van der Waals surface area contributed by atoms with Gasteiger partial charge < -0.3 is 9.30 Å². The molecule has 0 N–H and O–H groups in total. The van der Waals surface area contributed by atoms with Crippen LogP contribution in [0.15, 0.2) is 17.1 Å². The molecule has 0 radical (unpaired) electrons. The van der Waals surface area contributed by atoms with Crippen molar-refractivity contribution in [3.8, 4) is 5.75 Å². The minimum Gasteiger partial charge on any atom is -0.488 e. The van der Waals surface area contributed by atoms with Crippen LogP contribution in [0.4, 0.5) is 8.78 Å². The van der Waals surface area contributed by atoms with Gasteiger partial charge >= 0.3 is 0 Å². The summed E-state index contributed by atoms with van der Waals surface area (Å²) >= 11 is 0. The molecule has 1 aromatic heterocycles. The molecule has 2 aromatic rings. The highest BCUT2D eigenvalue weighted by molar-refractivity contribution is 5.90. The zero-order valence-electron chi connectivity index (χ0n) is 9.78. The van der Waals surface area contributed by atoms with Crippen molar-refractivity contribution in [1.29, 1.82) is 0 Å². The van der Waals surface area contributed by atoms with E-state index in [0.29, 0.717) is 19.3 Å². The number of aryl methyl sites for hydroxylation is 1. The molecular formula is C13H9F2NO3. The van der Waals surface area contributed by atoms with Crippen LogP contribution in [0, 0.1) is 11.6 Å². The maximum Gasteiger partial charge on any atom is 0.202 e. The summed E-state index contributed by atoms with van der Waals surface area (Å²) in [7, 11) is 0. The molecule has 0 aliphatic carbocycles. The highest BCUT2D eigenvalue weighted by Crippen LogP contribution is 2.31. The van der Waals surface area contributed by atoms with E-state index in [2.05, 4.69) is 0 Å². The zero-order valence-corrected chi connectivity index (χ0v) is 9.78. The predicted octanol–water partition coefficient (Wildman–Crippen LogP) is 1.87. The molecule has 98 valence electrons. The molecule has 2 heterocycles. The molecular weight excluding hydrogens is 256 g/mol. The van der Waals surface area contributed by atoms with Gasteiger partial charge in [0.05, 0.1) is 23.1 Å². The van der Waals surface area contributed by atoms with Crippen LogP contribution in [0.25, 0.3) is 10.9 Å². The number of hydrogen-bond donors (Lipinski definition) is 0. The molecule has 1 aliphatic rings. The topological polar surface area (TPSA) is 48.3 Å². The van der Waals surface area contributed by atoms with Crippen LogP contribution in [-0.2, 0) is 6.54 Å². The van der Waals surface area contributed by atoms with Crippen molar-refractivity contribution in [3.05, 3.63) is 39.7 Å². The largest absolute Gasteiger partial charge is 0.488 e. The van der Waals surface area contributed by atoms with Gasteiger partial charge in [-0.3, -0.25) is 9.59 Å². The number of halogens is 2. The maximum atomic E-state index is 13.8. The van der Waals surface area contributed by atoms with E-state index in [1.54, 1.807) is 4.57 Å². The Balaban J connectivity index is 2.56. The van der Waals surface area contributed by atoms with E-state index >= 15 is 0 Å². The van der Waals surface area contributed by atoms with Gasteiger partial charge in [0, 0.05) is 12.7 Å². The van der Waals surface area contributed by atoms with Gasteiger partial charge in [-0.25, -0.2) is 4.39 Å². The molecule has 3 rings (SSSR count). The Kier molecular flexibility index (Phi) is 2.58. The summed E-state index contributed by atoms with van der Waals surface area (Å²) in [5.41, 5.74) is -0.495. The Morgan fingerprint density at radius 2 is 2.16 bits per heavy atom. The Hall–Kier alpha value is -2.24. The number of pyridine rings is 1. The van der Waals surface area contributed by atoms with Gasteiger partial charge in [0.2, 0.25) is 5.82 Å². The number of aromatic nitrogens is 1. The van der Waals surface area contributed by atoms with Crippen LogP contribution in [0.2, 0.25) is 0 Å². The van der Waals surface area contributed by atoms with E-state index in [1.807, 2.05) is 0 Å². The molecule has 0 saturated heterocycles. The SMILES string of the molecule is O=Cc1cn2c3c(c(F)c(F)cc3c1=O)OCCC2. The molecule has 1 aromatic carbocycles. The van der Waals surface area contributed by atoms with Crippen molar-refractivity contribution in [2.24, 2.45) is 0 Å². The number of nitrogens with zero attached hydrogens (tertiary/aromatic N) is 1. The number of benzene rings is 1. The second kappa shape index (κ2) is 4.15. The van der Waals surface area contributed by atoms with Crippen molar-refractivity contribution in [2.75, 3.05) is 6.61 Å². The number of rotatable bonds is 1. The summed E-state index contributed by atoms with van der Waals surface area (Å²) in [5.74, 6) is -2.53. The fraction of sp³-hybridized carbons (Fsp3) is 0.231. The lowest BCUT2D eigenvalue weighted by molar-refractivity contribution is 0.112. The molecule has 19 heavy (non-hydrogen) atoms. The van der Waals surface area contributed by atoms with Gasteiger partial charge in [-0.05, 0) is 12.5 Å². The lowest BCUT2D eigenvalue weighted by Gasteiger charge is -2.12. The first kappa shape index (κ1) is 11.8. The summed E-state index contributed by atoms with van der Waals surface area (Å²) in [6.45, 7) is 0.692. The maximum absolute atomic E-state index is 13.8. The van der Waals surface area contributed by atoms with Gasteiger partial charge in [-0.2, -0.15) is 4.39 Å². The lowest BCUT2D eigenvalue weighted by atomic mass is 10.1. The standard InChI is InChI=1S/C13H9F2NO3/c14-9-4-8-11-13(10(9)15)19-3-1-2-16(11)5-7(6-17)12(8)18/h4-6H,1-3H2. The van der Waals surface area contributed by atoms with Gasteiger partial charge in [0.25, 0.3) is 0 Å². The molecule has 6 heteroatoms. The van der Waals surface area contributed by atoms with Crippen LogP contribution in [0.1, 0.15) is 16.8 Å². The summed E-state index contributed by atoms with van der Waals surface area (Å²) in [5, 5.41) is -0.0413. The third-order valence-corrected chi connectivity index (χ3v) is 3.16. The second-order valence-corrected chi connectivity index (χ2v) is 4.32. The first-order chi connectivity index (χ1) is 9.13. The zero-order chi connectivity index (χ0) is 13.6. The average molecular weight is 265 g/mol. The molecule has 0 unspecified atom stereocenters. The Bertz CT molecular complexity index is 752. The fourth-order valence-electron chi connectivity index (χ4n) is 2.30. The highest BCUT2D eigenvalue weighted by Gasteiger charge is 2.22. The van der Waals surface area contributed by atoms with Crippen molar-refractivity contribution in [1.82, 2.24) is 4.57 Å². The quantitative estimate of drug-likeness (QED) is 0.740. The Morgan fingerprint density at radius 3 is 2.89 bits per heavy atom. The molecule has 0 spiro atoms. The summed E-state index contributed by atoms with van der Waals surface area (Å²) in [6.07, 6.45) is 2.34. The van der Waals surface area contributed by atoms with Crippen molar-refractivity contribution >= 4 is 17.2 Å². The van der Waals surface area contributed by atoms with E-state index in [4.69, 9.17) is 4.74 Å². The highest BCUT2D eigenvalue weighted by atomic mass is 19.2. The molecule has 4 nitrogen and oxygen atoms in total. The molecule has 0 bridgehead atoms. The number of carbonyl (C=O) groups is 1. The molecule has 0 fully saturated rings. The van der Waals surface area contributed by atoms with Gasteiger partial charge in [0.15, 0.2) is 23.3 Å². The van der Waals surface area contributed by atoms with E-state index in [-0.39, 0.29) is 28.8 Å². The number of carbonyl (C=O) groups excluding carboxylic acids is 1. The molecule has 1 aliphatic heterocycles. The number of aldehydes is 1. The van der Waals surface area contributed by atoms with Crippen LogP contribution < -0.4 is 10.2 Å². The summed E-state index contributed by atoms with van der Waals surface area (Å²) in [6, 6.07) is 0.814. The average Bonchev–Trinajstić information content (AvgIpc) is 2.62. The first-order valence-corrected chi connectivity index (χ1v) is 5.76. The van der Waals surface area contributed by atoms with Crippen molar-refractivity contribution < 1.29 is 18.3 Å². The van der Waals surface area contributed by atoms with Crippen LogP contribution in [0.3, 0.4) is 0 Å². The van der Waals surface area contributed by atoms with Crippen molar-refractivity contribution in [3.63, 3.8) is 0 Å². The van der Waals surface area contributed by atoms with E-state index in [0.717, 1.165) is 6.07 Å². The smallest absolute Gasteiger partial charge is 0.202 e. The second-order valence-electron chi connectivity index (χ2n) is 4.32. The van der Waals surface area contributed by atoms with Crippen LogP contribution >= 0.6 is 0 Å². The predicted molar refractivity (Wildman–Crippen MR) is 63.6 cm³/mol. The minimum absolute atomic E-state index is 0.0413. The normalized spacial score (nSPS) is 14.0. The summed E-state index contributed by atoms with van der Waals surface area (Å²) < 4.78 is 34.0. The monoisotopic (exact) mass is 265 g/mol. The van der Waals surface area contributed by atoms with E-state index < -0.39 is 17.1 Å². The van der Waals surface area contributed by atoms with Gasteiger partial charge in [-0.15, -0.1) is 0 Å². The molecule has 0 atom stereocenters. The van der Waals surface area contributed by atoms with E-state index in [9.17, 15) is 18.4 Å². The van der Waals surface area contributed by atoms with Crippen LogP contribution in [0.5, 0.6) is 5.75 Å². The van der Waals surface area contributed by atoms with E-state index in [1.165, 1.54) is 6.20 Å². The summed E-state index contributed by atoms with van der Waals surface area (Å²) in [4.78, 5) is 22.9. The van der Waals surface area contributed by atoms with Crippen molar-refractivity contribution in [2.45, 2.75) is 13.0 Å². The first-order valence-electron chi connectivity index (χ1n) is 5.76. The van der Waals surface area contributed by atoms with Gasteiger partial charge in [-0.1, -0.05) is 0 Å². The third-order valence-electron chi connectivity index (χ3n) is 3.16. The van der Waals surface area contributed by atoms with Crippen LogP contribution in [-0.4, -0.2) is 17.5 Å². The molecule has 0 amide bonds. The lowest BCUT2D eigenvalue weighted by Crippen LogP contribution is -2.15. The van der Waals surface area contributed by atoms with Gasteiger partial charge in [0.1, 0.15) is 0 Å². The Morgan fingerprint density at radius 1 is 1.37 bits per heavy atom. The third kappa shape index (κ3) is 1.63. The fourth-order valence-corrected chi connectivity index (χ4v) is 2.30. The number of hydrogen-bond acceptors (Lipinski definition) is 3. The molecule has 0 saturated carbocycles. The number of ether oxygens (including phenoxy) is 1. The Labute approximate surface area is 106 Å².